The summed E-state index contributed by atoms with van der Waals surface area (Å²) < 4.78 is 13.9. The SMILES string of the molecule is Cc1ccc(N(Cc2ccccc2F)CC(C)C(=O)O)cc1. The molecule has 0 aromatic heterocycles. The molecule has 0 saturated carbocycles. The van der Waals surface area contributed by atoms with E-state index in [1.807, 2.05) is 36.1 Å². The summed E-state index contributed by atoms with van der Waals surface area (Å²) in [4.78, 5) is 13.0. The van der Waals surface area contributed by atoms with Gasteiger partial charge in [0.1, 0.15) is 5.82 Å². The Morgan fingerprint density at radius 2 is 1.82 bits per heavy atom. The van der Waals surface area contributed by atoms with Gasteiger partial charge in [-0.2, -0.15) is 0 Å². The maximum Gasteiger partial charge on any atom is 0.308 e. The molecule has 0 fully saturated rings. The number of aliphatic carboxylic acids is 1. The maximum atomic E-state index is 13.9. The van der Waals surface area contributed by atoms with E-state index in [-0.39, 0.29) is 5.82 Å². The number of rotatable bonds is 6. The first kappa shape index (κ1) is 16.0. The summed E-state index contributed by atoms with van der Waals surface area (Å²) in [5.74, 6) is -1.67. The summed E-state index contributed by atoms with van der Waals surface area (Å²) in [5.41, 5.74) is 2.57. The van der Waals surface area contributed by atoms with Gasteiger partial charge in [0.05, 0.1) is 5.92 Å². The van der Waals surface area contributed by atoms with Crippen molar-refractivity contribution in [3.63, 3.8) is 0 Å². The monoisotopic (exact) mass is 301 g/mol. The zero-order valence-corrected chi connectivity index (χ0v) is 12.8. The number of carbonyl (C=O) groups is 1. The van der Waals surface area contributed by atoms with Crippen molar-refractivity contribution in [3.05, 3.63) is 65.5 Å². The molecular weight excluding hydrogens is 281 g/mol. The van der Waals surface area contributed by atoms with Crippen molar-refractivity contribution in [2.75, 3.05) is 11.4 Å². The molecule has 0 aliphatic heterocycles. The van der Waals surface area contributed by atoms with Crippen LogP contribution in [0, 0.1) is 18.7 Å². The molecule has 0 aliphatic carbocycles. The summed E-state index contributed by atoms with van der Waals surface area (Å²) in [7, 11) is 0. The van der Waals surface area contributed by atoms with Crippen molar-refractivity contribution >= 4 is 11.7 Å². The Morgan fingerprint density at radius 1 is 1.18 bits per heavy atom. The summed E-state index contributed by atoms with van der Waals surface area (Å²) in [6.45, 7) is 4.32. The summed E-state index contributed by atoms with van der Waals surface area (Å²) in [6.07, 6.45) is 0. The highest BCUT2D eigenvalue weighted by Crippen LogP contribution is 2.21. The van der Waals surface area contributed by atoms with E-state index in [0.717, 1.165) is 11.3 Å². The van der Waals surface area contributed by atoms with Crippen LogP contribution in [0.2, 0.25) is 0 Å². The molecule has 0 aliphatic rings. The number of benzene rings is 2. The predicted molar refractivity (Wildman–Crippen MR) is 85.4 cm³/mol. The molecule has 0 heterocycles. The molecule has 0 amide bonds. The first-order valence-electron chi connectivity index (χ1n) is 7.25. The Kier molecular flexibility index (Phi) is 5.15. The van der Waals surface area contributed by atoms with Crippen molar-refractivity contribution in [1.29, 1.82) is 0 Å². The van der Waals surface area contributed by atoms with Crippen molar-refractivity contribution in [2.24, 2.45) is 5.92 Å². The molecule has 3 nitrogen and oxygen atoms in total. The largest absolute Gasteiger partial charge is 0.481 e. The Bertz CT molecular complexity index is 640. The van der Waals surface area contributed by atoms with E-state index >= 15 is 0 Å². The third-order valence-electron chi connectivity index (χ3n) is 3.63. The molecule has 1 atom stereocenters. The molecule has 2 aromatic rings. The van der Waals surface area contributed by atoms with Crippen LogP contribution in [-0.2, 0) is 11.3 Å². The van der Waals surface area contributed by atoms with Crippen LogP contribution in [0.3, 0.4) is 0 Å². The number of carboxylic acids is 1. The molecule has 22 heavy (non-hydrogen) atoms. The summed E-state index contributed by atoms with van der Waals surface area (Å²) in [5, 5.41) is 9.14. The van der Waals surface area contributed by atoms with Gasteiger partial charge in [0.15, 0.2) is 0 Å². The predicted octanol–water partition coefficient (Wildman–Crippen LogP) is 3.86. The number of hydrogen-bond acceptors (Lipinski definition) is 2. The van der Waals surface area contributed by atoms with Gasteiger partial charge < -0.3 is 10.0 Å². The van der Waals surface area contributed by atoms with Crippen molar-refractivity contribution in [3.8, 4) is 0 Å². The molecule has 0 spiro atoms. The second kappa shape index (κ2) is 7.07. The van der Waals surface area contributed by atoms with Crippen LogP contribution in [0.15, 0.2) is 48.5 Å². The van der Waals surface area contributed by atoms with Crippen molar-refractivity contribution in [2.45, 2.75) is 20.4 Å². The van der Waals surface area contributed by atoms with Gasteiger partial charge in [-0.1, -0.05) is 42.8 Å². The van der Waals surface area contributed by atoms with E-state index in [2.05, 4.69) is 0 Å². The molecule has 2 aromatic carbocycles. The van der Waals surface area contributed by atoms with Crippen LogP contribution >= 0.6 is 0 Å². The number of halogens is 1. The van der Waals surface area contributed by atoms with Crippen LogP contribution in [-0.4, -0.2) is 17.6 Å². The molecule has 1 N–H and O–H groups in total. The fraction of sp³-hybridized carbons (Fsp3) is 0.278. The van der Waals surface area contributed by atoms with Gasteiger partial charge in [0, 0.05) is 24.3 Å². The molecule has 2 rings (SSSR count). The smallest absolute Gasteiger partial charge is 0.308 e. The standard InChI is InChI=1S/C18H20FNO2/c1-13-7-9-16(10-8-13)20(11-14(2)18(21)22)12-15-5-3-4-6-17(15)19/h3-10,14H,11-12H2,1-2H3,(H,21,22). The Balaban J connectivity index is 2.27. The summed E-state index contributed by atoms with van der Waals surface area (Å²) in [6, 6.07) is 14.4. The lowest BCUT2D eigenvalue weighted by molar-refractivity contribution is -0.140. The number of anilines is 1. The van der Waals surface area contributed by atoms with Gasteiger partial charge in [-0.25, -0.2) is 4.39 Å². The minimum atomic E-state index is -0.856. The highest BCUT2D eigenvalue weighted by atomic mass is 19.1. The first-order valence-corrected chi connectivity index (χ1v) is 7.25. The fourth-order valence-corrected chi connectivity index (χ4v) is 2.26. The third-order valence-corrected chi connectivity index (χ3v) is 3.63. The lowest BCUT2D eigenvalue weighted by atomic mass is 10.1. The van der Waals surface area contributed by atoms with E-state index in [4.69, 9.17) is 5.11 Å². The summed E-state index contributed by atoms with van der Waals surface area (Å²) >= 11 is 0. The van der Waals surface area contributed by atoms with Crippen LogP contribution in [0.5, 0.6) is 0 Å². The van der Waals surface area contributed by atoms with Gasteiger partial charge in [0.25, 0.3) is 0 Å². The molecule has 0 bridgehead atoms. The second-order valence-corrected chi connectivity index (χ2v) is 5.55. The molecule has 4 heteroatoms. The van der Waals surface area contributed by atoms with E-state index in [1.54, 1.807) is 25.1 Å². The van der Waals surface area contributed by atoms with Crippen molar-refractivity contribution < 1.29 is 14.3 Å². The molecule has 116 valence electrons. The Labute approximate surface area is 130 Å². The highest BCUT2D eigenvalue weighted by Gasteiger charge is 2.18. The zero-order valence-electron chi connectivity index (χ0n) is 12.8. The minimum absolute atomic E-state index is 0.275. The van der Waals surface area contributed by atoms with Gasteiger partial charge in [-0.3, -0.25) is 4.79 Å². The van der Waals surface area contributed by atoms with Crippen LogP contribution < -0.4 is 4.90 Å². The van der Waals surface area contributed by atoms with Gasteiger partial charge in [0.2, 0.25) is 0 Å². The zero-order chi connectivity index (χ0) is 16.1. The Hall–Kier alpha value is -2.36. The van der Waals surface area contributed by atoms with E-state index in [0.29, 0.717) is 18.7 Å². The third kappa shape index (κ3) is 4.07. The van der Waals surface area contributed by atoms with E-state index < -0.39 is 11.9 Å². The molecule has 0 saturated heterocycles. The fourth-order valence-electron chi connectivity index (χ4n) is 2.26. The number of aryl methyl sites for hydroxylation is 1. The van der Waals surface area contributed by atoms with Gasteiger partial charge in [-0.15, -0.1) is 0 Å². The highest BCUT2D eigenvalue weighted by molar-refractivity contribution is 5.70. The van der Waals surface area contributed by atoms with Gasteiger partial charge in [-0.05, 0) is 25.1 Å². The van der Waals surface area contributed by atoms with E-state index in [9.17, 15) is 9.18 Å². The minimum Gasteiger partial charge on any atom is -0.481 e. The topological polar surface area (TPSA) is 40.5 Å². The number of nitrogens with zero attached hydrogens (tertiary/aromatic N) is 1. The van der Waals surface area contributed by atoms with Crippen LogP contribution in [0.4, 0.5) is 10.1 Å². The molecular formula is C18H20FNO2. The molecule has 1 unspecified atom stereocenters. The first-order chi connectivity index (χ1) is 10.5. The van der Waals surface area contributed by atoms with Crippen LogP contribution in [0.1, 0.15) is 18.1 Å². The quantitative estimate of drug-likeness (QED) is 0.880. The van der Waals surface area contributed by atoms with Crippen molar-refractivity contribution in [1.82, 2.24) is 0 Å². The lowest BCUT2D eigenvalue weighted by Gasteiger charge is -2.27. The van der Waals surface area contributed by atoms with Gasteiger partial charge >= 0.3 is 5.97 Å². The normalized spacial score (nSPS) is 12.0. The number of hydrogen-bond donors (Lipinski definition) is 1. The van der Waals surface area contributed by atoms with Crippen LogP contribution in [0.25, 0.3) is 0 Å². The average molecular weight is 301 g/mol. The number of carboxylic acid groups (broad SMARTS) is 1. The lowest BCUT2D eigenvalue weighted by Crippen LogP contribution is -2.31. The second-order valence-electron chi connectivity index (χ2n) is 5.55. The molecule has 0 radical (unpaired) electrons. The van der Waals surface area contributed by atoms with E-state index in [1.165, 1.54) is 6.07 Å². The maximum absolute atomic E-state index is 13.9. The Morgan fingerprint density at radius 3 is 2.41 bits per heavy atom. The average Bonchev–Trinajstić information content (AvgIpc) is 2.49.